The number of hydrogen-bond donors (Lipinski definition) is 3. The summed E-state index contributed by atoms with van der Waals surface area (Å²) >= 11 is 0. The Kier molecular flexibility index (Phi) is 6.08. The van der Waals surface area contributed by atoms with Crippen LogP contribution in [0.1, 0.15) is 27.7 Å². The van der Waals surface area contributed by atoms with Crippen LogP contribution >= 0.6 is 0 Å². The van der Waals surface area contributed by atoms with Crippen molar-refractivity contribution in [2.45, 2.75) is 39.3 Å². The lowest BCUT2D eigenvalue weighted by Gasteiger charge is -2.25. The number of carbonyl (C=O) groups is 1. The zero-order valence-corrected chi connectivity index (χ0v) is 11.9. The van der Waals surface area contributed by atoms with E-state index in [1.165, 1.54) is 0 Å². The van der Waals surface area contributed by atoms with Crippen molar-refractivity contribution in [2.24, 2.45) is 0 Å². The summed E-state index contributed by atoms with van der Waals surface area (Å²) in [5, 5.41) is 5.65. The van der Waals surface area contributed by atoms with Crippen LogP contribution in [0.4, 0.5) is 0 Å². The van der Waals surface area contributed by atoms with E-state index in [0.29, 0.717) is 6.54 Å². The van der Waals surface area contributed by atoms with Crippen LogP contribution in [0.15, 0.2) is 0 Å². The standard InChI is InChI=1S/C10H23N3O3S/c1-8(2)12-9(14)6-11-7-10(3,4)13-17(5,15)16/h8,11,13H,6-7H2,1-5H3,(H,12,14). The van der Waals surface area contributed by atoms with Crippen LogP contribution < -0.4 is 15.4 Å². The first-order valence-electron chi connectivity index (χ1n) is 5.51. The fourth-order valence-corrected chi connectivity index (χ4v) is 2.48. The molecule has 0 aromatic carbocycles. The van der Waals surface area contributed by atoms with Gasteiger partial charge in [-0.15, -0.1) is 0 Å². The predicted molar refractivity (Wildman–Crippen MR) is 68.2 cm³/mol. The molecule has 0 aliphatic rings. The van der Waals surface area contributed by atoms with Crippen molar-refractivity contribution >= 4 is 15.9 Å². The third-order valence-electron chi connectivity index (χ3n) is 1.76. The zero-order valence-electron chi connectivity index (χ0n) is 11.1. The van der Waals surface area contributed by atoms with E-state index in [0.717, 1.165) is 6.26 Å². The molecular weight excluding hydrogens is 242 g/mol. The number of rotatable bonds is 7. The number of hydrogen-bond acceptors (Lipinski definition) is 4. The van der Waals surface area contributed by atoms with Crippen LogP contribution in [0.2, 0.25) is 0 Å². The molecule has 0 aromatic heterocycles. The van der Waals surface area contributed by atoms with Crippen molar-refractivity contribution < 1.29 is 13.2 Å². The summed E-state index contributed by atoms with van der Waals surface area (Å²) in [4.78, 5) is 11.3. The lowest BCUT2D eigenvalue weighted by Crippen LogP contribution is -2.51. The van der Waals surface area contributed by atoms with Gasteiger partial charge in [-0.1, -0.05) is 0 Å². The normalized spacial score (nSPS) is 12.8. The summed E-state index contributed by atoms with van der Waals surface area (Å²) in [6, 6.07) is 0.103. The van der Waals surface area contributed by atoms with E-state index < -0.39 is 15.6 Å². The van der Waals surface area contributed by atoms with E-state index in [1.54, 1.807) is 13.8 Å². The molecule has 17 heavy (non-hydrogen) atoms. The van der Waals surface area contributed by atoms with Crippen molar-refractivity contribution in [1.29, 1.82) is 0 Å². The summed E-state index contributed by atoms with van der Waals surface area (Å²) < 4.78 is 24.6. The van der Waals surface area contributed by atoms with Gasteiger partial charge in [0.15, 0.2) is 0 Å². The first-order chi connectivity index (χ1) is 7.52. The summed E-state index contributed by atoms with van der Waals surface area (Å²) in [5.41, 5.74) is -0.619. The van der Waals surface area contributed by atoms with Crippen molar-refractivity contribution in [1.82, 2.24) is 15.4 Å². The molecule has 0 bridgehead atoms. The van der Waals surface area contributed by atoms with Crippen LogP contribution in [0.5, 0.6) is 0 Å². The number of nitrogens with one attached hydrogen (secondary N) is 3. The second-order valence-electron chi connectivity index (χ2n) is 5.08. The van der Waals surface area contributed by atoms with Crippen molar-refractivity contribution in [3.8, 4) is 0 Å². The maximum Gasteiger partial charge on any atom is 0.234 e. The van der Waals surface area contributed by atoms with Gasteiger partial charge in [0.1, 0.15) is 0 Å². The second-order valence-corrected chi connectivity index (χ2v) is 6.83. The van der Waals surface area contributed by atoms with Gasteiger partial charge in [-0.3, -0.25) is 4.79 Å². The molecule has 0 aliphatic carbocycles. The third-order valence-corrected chi connectivity index (χ3v) is 2.69. The van der Waals surface area contributed by atoms with Crippen LogP contribution in [0, 0.1) is 0 Å². The van der Waals surface area contributed by atoms with E-state index in [4.69, 9.17) is 0 Å². The Morgan fingerprint density at radius 2 is 1.82 bits per heavy atom. The lowest BCUT2D eigenvalue weighted by atomic mass is 10.1. The second kappa shape index (κ2) is 6.32. The molecule has 0 fully saturated rings. The van der Waals surface area contributed by atoms with Gasteiger partial charge < -0.3 is 10.6 Å². The Hall–Kier alpha value is -0.660. The van der Waals surface area contributed by atoms with E-state index in [9.17, 15) is 13.2 Å². The minimum Gasteiger partial charge on any atom is -0.353 e. The Morgan fingerprint density at radius 1 is 1.29 bits per heavy atom. The monoisotopic (exact) mass is 265 g/mol. The van der Waals surface area contributed by atoms with E-state index in [2.05, 4.69) is 15.4 Å². The predicted octanol–water partition coefficient (Wildman–Crippen LogP) is -0.572. The van der Waals surface area contributed by atoms with Crippen LogP contribution in [-0.4, -0.2) is 45.3 Å². The molecule has 0 aromatic rings. The fourth-order valence-electron chi connectivity index (χ4n) is 1.40. The molecule has 0 atom stereocenters. The molecular formula is C10H23N3O3S. The molecule has 1 amide bonds. The minimum absolute atomic E-state index is 0.102. The van der Waals surface area contributed by atoms with E-state index in [1.807, 2.05) is 13.8 Å². The first kappa shape index (κ1) is 16.3. The van der Waals surface area contributed by atoms with Crippen molar-refractivity contribution in [3.05, 3.63) is 0 Å². The molecule has 0 saturated heterocycles. The Balaban J connectivity index is 3.99. The van der Waals surface area contributed by atoms with E-state index in [-0.39, 0.29) is 18.5 Å². The molecule has 0 radical (unpaired) electrons. The smallest absolute Gasteiger partial charge is 0.234 e. The van der Waals surface area contributed by atoms with Crippen molar-refractivity contribution in [3.63, 3.8) is 0 Å². The van der Waals surface area contributed by atoms with E-state index >= 15 is 0 Å². The maximum absolute atomic E-state index is 11.3. The highest BCUT2D eigenvalue weighted by Crippen LogP contribution is 2.01. The molecule has 6 nitrogen and oxygen atoms in total. The largest absolute Gasteiger partial charge is 0.353 e. The van der Waals surface area contributed by atoms with Gasteiger partial charge in [-0.2, -0.15) is 0 Å². The quantitative estimate of drug-likeness (QED) is 0.575. The summed E-state index contributed by atoms with van der Waals surface area (Å²) in [7, 11) is -3.24. The maximum atomic E-state index is 11.3. The summed E-state index contributed by atoms with van der Waals surface area (Å²) in [6.07, 6.45) is 1.11. The van der Waals surface area contributed by atoms with Gasteiger partial charge >= 0.3 is 0 Å². The molecule has 0 rings (SSSR count). The fraction of sp³-hybridized carbons (Fsp3) is 0.900. The van der Waals surface area contributed by atoms with Gasteiger partial charge in [0.25, 0.3) is 0 Å². The highest BCUT2D eigenvalue weighted by molar-refractivity contribution is 7.88. The Labute approximate surface area is 104 Å². The third kappa shape index (κ3) is 10.2. The molecule has 0 spiro atoms. The Bertz CT molecular complexity index is 350. The summed E-state index contributed by atoms with van der Waals surface area (Å²) in [6.45, 7) is 7.82. The van der Waals surface area contributed by atoms with Crippen molar-refractivity contribution in [2.75, 3.05) is 19.3 Å². The average molecular weight is 265 g/mol. The van der Waals surface area contributed by atoms with Gasteiger partial charge in [0.05, 0.1) is 12.8 Å². The first-order valence-corrected chi connectivity index (χ1v) is 7.40. The molecule has 0 unspecified atom stereocenters. The SMILES string of the molecule is CC(C)NC(=O)CNCC(C)(C)NS(C)(=O)=O. The topological polar surface area (TPSA) is 87.3 Å². The van der Waals surface area contributed by atoms with Gasteiger partial charge in [-0.05, 0) is 27.7 Å². The lowest BCUT2D eigenvalue weighted by molar-refractivity contribution is -0.120. The number of carbonyl (C=O) groups excluding carboxylic acids is 1. The van der Waals surface area contributed by atoms with Gasteiger partial charge in [0, 0.05) is 18.1 Å². The van der Waals surface area contributed by atoms with Crippen LogP contribution in [-0.2, 0) is 14.8 Å². The minimum atomic E-state index is -3.24. The molecule has 102 valence electrons. The van der Waals surface area contributed by atoms with Gasteiger partial charge in [-0.25, -0.2) is 13.1 Å². The molecule has 0 aliphatic heterocycles. The molecule has 3 N–H and O–H groups in total. The molecule has 7 heteroatoms. The highest BCUT2D eigenvalue weighted by atomic mass is 32.2. The summed E-state index contributed by atoms with van der Waals surface area (Å²) in [5.74, 6) is -0.102. The average Bonchev–Trinajstić information content (AvgIpc) is 1.95. The molecule has 0 saturated carbocycles. The zero-order chi connectivity index (χ0) is 13.7. The Morgan fingerprint density at radius 3 is 2.24 bits per heavy atom. The number of sulfonamides is 1. The molecule has 0 heterocycles. The van der Waals surface area contributed by atoms with Gasteiger partial charge in [0.2, 0.25) is 15.9 Å². The van der Waals surface area contributed by atoms with Crippen LogP contribution in [0.3, 0.4) is 0 Å². The van der Waals surface area contributed by atoms with Crippen LogP contribution in [0.25, 0.3) is 0 Å². The number of amides is 1. The highest BCUT2D eigenvalue weighted by Gasteiger charge is 2.21.